The van der Waals surface area contributed by atoms with Crippen molar-refractivity contribution >= 4 is 29.7 Å². The van der Waals surface area contributed by atoms with Crippen molar-refractivity contribution in [3.05, 3.63) is 17.5 Å². The van der Waals surface area contributed by atoms with Crippen LogP contribution in [0.2, 0.25) is 0 Å². The van der Waals surface area contributed by atoms with Gasteiger partial charge in [-0.3, -0.25) is 14.5 Å². The maximum atomic E-state index is 13.2. The number of esters is 1. The topological polar surface area (TPSA) is 100 Å². The first kappa shape index (κ1) is 19.7. The molecule has 28 heavy (non-hydrogen) atoms. The molecule has 0 spiro atoms. The van der Waals surface area contributed by atoms with Crippen LogP contribution < -0.4 is 0 Å². The number of amidine groups is 1. The summed E-state index contributed by atoms with van der Waals surface area (Å²) in [6.07, 6.45) is 1.77. The summed E-state index contributed by atoms with van der Waals surface area (Å²) < 4.78 is 8.17. The third-order valence-corrected chi connectivity index (χ3v) is 4.86. The van der Waals surface area contributed by atoms with Crippen molar-refractivity contribution in [1.29, 1.82) is 0 Å². The van der Waals surface area contributed by atoms with Gasteiger partial charge in [-0.25, -0.2) is 14.3 Å². The number of rotatable bonds is 5. The van der Waals surface area contributed by atoms with Crippen LogP contribution in [-0.4, -0.2) is 87.1 Å². The van der Waals surface area contributed by atoms with Crippen molar-refractivity contribution in [2.75, 3.05) is 27.2 Å². The van der Waals surface area contributed by atoms with E-state index in [0.717, 1.165) is 29.1 Å². The summed E-state index contributed by atoms with van der Waals surface area (Å²) in [6, 6.07) is 0.543. The number of hydrogen-bond donors (Lipinski definition) is 0. The zero-order valence-electron chi connectivity index (χ0n) is 16.8. The minimum absolute atomic E-state index is 0.342. The van der Waals surface area contributed by atoms with Crippen molar-refractivity contribution in [2.45, 2.75) is 39.7 Å². The second-order valence-electron chi connectivity index (χ2n) is 6.90. The van der Waals surface area contributed by atoms with E-state index in [4.69, 9.17) is 0 Å². The molecule has 0 radical (unpaired) electrons. The number of nitrogens with zero attached hydrogens (tertiary/aromatic N) is 6. The quantitative estimate of drug-likeness (QED) is 0.535. The minimum Gasteiger partial charge on any atom is -0.468 e. The zero-order chi connectivity index (χ0) is 20.6. The number of carbonyl (C=O) groups excluding carboxylic acids is 3. The average molecular weight is 389 g/mol. The van der Waals surface area contributed by atoms with Gasteiger partial charge in [0.25, 0.3) is 5.91 Å². The molecule has 1 aromatic rings. The SMILES string of the molecule is CCCC[N+]1=C(n2nc(C)cc2C)N=C2C1C(=O)N(CC(=O)OC)C(=O)N2C. The summed E-state index contributed by atoms with van der Waals surface area (Å²) in [4.78, 5) is 44.4. The van der Waals surface area contributed by atoms with Crippen LogP contribution in [0.1, 0.15) is 31.2 Å². The molecule has 2 aliphatic heterocycles. The van der Waals surface area contributed by atoms with Crippen molar-refractivity contribution in [1.82, 2.24) is 19.6 Å². The van der Waals surface area contributed by atoms with Crippen LogP contribution in [0.15, 0.2) is 11.1 Å². The molecule has 2 aliphatic rings. The molecule has 3 amide bonds. The molecule has 1 saturated heterocycles. The zero-order valence-corrected chi connectivity index (χ0v) is 16.8. The maximum absolute atomic E-state index is 13.2. The first-order valence-corrected chi connectivity index (χ1v) is 9.21. The van der Waals surface area contributed by atoms with Gasteiger partial charge in [-0.15, -0.1) is 9.78 Å². The fraction of sp³-hybridized carbons (Fsp3) is 0.556. The Morgan fingerprint density at radius 3 is 2.61 bits per heavy atom. The lowest BCUT2D eigenvalue weighted by atomic mass is 10.1. The van der Waals surface area contributed by atoms with E-state index >= 15 is 0 Å². The summed E-state index contributed by atoms with van der Waals surface area (Å²) in [5.41, 5.74) is 1.71. The van der Waals surface area contributed by atoms with Gasteiger partial charge < -0.3 is 4.74 Å². The highest BCUT2D eigenvalue weighted by Crippen LogP contribution is 2.21. The second kappa shape index (κ2) is 7.53. The summed E-state index contributed by atoms with van der Waals surface area (Å²) in [6.45, 7) is 5.99. The molecule has 10 heteroatoms. The summed E-state index contributed by atoms with van der Waals surface area (Å²) in [5.74, 6) is -0.294. The Hall–Kier alpha value is -3.04. The maximum Gasteiger partial charge on any atom is 0.421 e. The Morgan fingerprint density at radius 1 is 1.32 bits per heavy atom. The van der Waals surface area contributed by atoms with Crippen molar-refractivity contribution < 1.29 is 23.7 Å². The Bertz CT molecular complexity index is 900. The average Bonchev–Trinajstić information content (AvgIpc) is 3.20. The lowest BCUT2D eigenvalue weighted by Crippen LogP contribution is -2.63. The number of unbranched alkanes of at least 4 members (excludes halogenated alkanes) is 1. The lowest BCUT2D eigenvalue weighted by Gasteiger charge is -2.33. The highest BCUT2D eigenvalue weighted by Gasteiger charge is 2.53. The van der Waals surface area contributed by atoms with Gasteiger partial charge in [0.2, 0.25) is 11.9 Å². The molecule has 0 aromatic carbocycles. The van der Waals surface area contributed by atoms with Crippen LogP contribution >= 0.6 is 0 Å². The number of fused-ring (bicyclic) bond motifs is 1. The van der Waals surface area contributed by atoms with Crippen molar-refractivity contribution in [2.24, 2.45) is 4.99 Å². The predicted octanol–water partition coefficient (Wildman–Crippen LogP) is 0.364. The van der Waals surface area contributed by atoms with Gasteiger partial charge in [-0.05, 0) is 26.3 Å². The van der Waals surface area contributed by atoms with E-state index in [1.807, 2.05) is 24.5 Å². The van der Waals surface area contributed by atoms with Gasteiger partial charge in [0.05, 0.1) is 19.3 Å². The molecule has 1 atom stereocenters. The first-order valence-electron chi connectivity index (χ1n) is 9.21. The fourth-order valence-electron chi connectivity index (χ4n) is 3.40. The smallest absolute Gasteiger partial charge is 0.421 e. The van der Waals surface area contributed by atoms with E-state index in [1.165, 1.54) is 12.0 Å². The number of imide groups is 1. The number of amides is 3. The molecular formula is C18H25N6O4+. The van der Waals surface area contributed by atoms with Crippen LogP contribution in [0.25, 0.3) is 0 Å². The largest absolute Gasteiger partial charge is 0.468 e. The summed E-state index contributed by atoms with van der Waals surface area (Å²) in [7, 11) is 2.77. The third kappa shape index (κ3) is 3.19. The van der Waals surface area contributed by atoms with Crippen LogP contribution in [0.3, 0.4) is 0 Å². The Kier molecular flexibility index (Phi) is 5.30. The number of aliphatic imine (C=N–C) groups is 1. The predicted molar refractivity (Wildman–Crippen MR) is 100 cm³/mol. The molecule has 150 valence electrons. The summed E-state index contributed by atoms with van der Waals surface area (Å²) in [5, 5.41) is 4.49. The van der Waals surface area contributed by atoms with E-state index in [0.29, 0.717) is 18.3 Å². The fourth-order valence-corrected chi connectivity index (χ4v) is 3.40. The van der Waals surface area contributed by atoms with Gasteiger partial charge in [0, 0.05) is 7.05 Å². The molecule has 0 bridgehead atoms. The molecule has 3 heterocycles. The molecule has 3 rings (SSSR count). The molecular weight excluding hydrogens is 364 g/mol. The molecule has 0 N–H and O–H groups in total. The normalized spacial score (nSPS) is 19.3. The van der Waals surface area contributed by atoms with Gasteiger partial charge in [0.1, 0.15) is 12.2 Å². The monoisotopic (exact) mass is 389 g/mol. The number of aryl methyl sites for hydroxylation is 2. The lowest BCUT2D eigenvalue weighted by molar-refractivity contribution is -0.538. The van der Waals surface area contributed by atoms with E-state index < -0.39 is 30.5 Å². The van der Waals surface area contributed by atoms with Gasteiger partial charge in [0.15, 0.2) is 0 Å². The van der Waals surface area contributed by atoms with E-state index in [-0.39, 0.29) is 0 Å². The van der Waals surface area contributed by atoms with Crippen LogP contribution in [0.5, 0.6) is 0 Å². The number of urea groups is 1. The molecule has 1 aromatic heterocycles. The number of carbonyl (C=O) groups is 3. The van der Waals surface area contributed by atoms with Gasteiger partial charge in [-0.1, -0.05) is 18.3 Å². The highest BCUT2D eigenvalue weighted by atomic mass is 16.5. The van der Waals surface area contributed by atoms with Gasteiger partial charge >= 0.3 is 18.0 Å². The number of methoxy groups -OCH3 is 1. The molecule has 1 fully saturated rings. The molecule has 0 aliphatic carbocycles. The van der Waals surface area contributed by atoms with E-state index in [1.54, 1.807) is 11.7 Å². The molecule has 1 unspecified atom stereocenters. The third-order valence-electron chi connectivity index (χ3n) is 4.86. The standard InChI is InChI=1S/C18H25N6O4/c1-6-7-8-22-14-15(19-17(22)24-12(3)9-11(2)20-24)21(4)18(27)23(16(14)26)10-13(25)28-5/h9,14H,6-8,10H2,1-5H3/q+1. The first-order chi connectivity index (χ1) is 13.3. The van der Waals surface area contributed by atoms with Gasteiger partial charge in [-0.2, -0.15) is 0 Å². The molecule has 0 saturated carbocycles. The van der Waals surface area contributed by atoms with Crippen molar-refractivity contribution in [3.63, 3.8) is 0 Å². The second-order valence-corrected chi connectivity index (χ2v) is 6.90. The van der Waals surface area contributed by atoms with E-state index in [9.17, 15) is 14.4 Å². The van der Waals surface area contributed by atoms with Crippen LogP contribution in [0, 0.1) is 13.8 Å². The minimum atomic E-state index is -0.780. The number of aromatic nitrogens is 2. The molecule has 10 nitrogen and oxygen atoms in total. The Balaban J connectivity index is 2.08. The van der Waals surface area contributed by atoms with E-state index in [2.05, 4.69) is 21.8 Å². The highest BCUT2D eigenvalue weighted by molar-refractivity contribution is 6.23. The number of hydrogen-bond acceptors (Lipinski definition) is 6. The van der Waals surface area contributed by atoms with Crippen LogP contribution in [-0.2, 0) is 14.3 Å². The Labute approximate surface area is 163 Å². The van der Waals surface area contributed by atoms with Crippen LogP contribution in [0.4, 0.5) is 4.79 Å². The number of ether oxygens (including phenoxy) is 1. The van der Waals surface area contributed by atoms with Crippen molar-refractivity contribution in [3.8, 4) is 0 Å². The summed E-state index contributed by atoms with van der Waals surface area (Å²) >= 11 is 0. The number of likely N-dealkylation sites (N-methyl/N-ethyl adjacent to an activating group) is 1. The Morgan fingerprint density at radius 2 is 2.04 bits per heavy atom.